The molecule has 254 valence electrons. The van der Waals surface area contributed by atoms with E-state index in [0.717, 1.165) is 11.3 Å². The highest BCUT2D eigenvalue weighted by Gasteiger charge is 2.52. The summed E-state index contributed by atoms with van der Waals surface area (Å²) in [7, 11) is 1.60. The second kappa shape index (κ2) is 16.0. The molecule has 0 unspecified atom stereocenters. The predicted molar refractivity (Wildman–Crippen MR) is 176 cm³/mol. The molecular formula is C31H30Cl2N4O9S2. The number of carbonyl (C=O) groups excluding carboxylic acids is 3. The van der Waals surface area contributed by atoms with Gasteiger partial charge >= 0.3 is 17.9 Å². The molecule has 0 aliphatic carbocycles. The van der Waals surface area contributed by atoms with Crippen LogP contribution in [0, 0.1) is 0 Å². The van der Waals surface area contributed by atoms with E-state index in [-0.39, 0.29) is 6.61 Å². The van der Waals surface area contributed by atoms with E-state index in [1.54, 1.807) is 36.9 Å². The second-order valence-electron chi connectivity index (χ2n) is 10.4. The van der Waals surface area contributed by atoms with Gasteiger partial charge in [-0.25, -0.2) is 9.67 Å². The third-order valence-corrected chi connectivity index (χ3v) is 9.53. The highest BCUT2D eigenvalue weighted by Crippen LogP contribution is 2.42. The van der Waals surface area contributed by atoms with Crippen LogP contribution < -0.4 is 9.47 Å². The number of carbonyl (C=O) groups is 3. The van der Waals surface area contributed by atoms with Crippen molar-refractivity contribution in [2.75, 3.05) is 13.7 Å². The molecule has 2 aromatic heterocycles. The molecule has 1 aliphatic heterocycles. The first kappa shape index (κ1) is 35.4. The summed E-state index contributed by atoms with van der Waals surface area (Å²) in [5.41, 5.74) is 0.885. The number of methoxy groups -OCH3 is 1. The Kier molecular flexibility index (Phi) is 11.8. The van der Waals surface area contributed by atoms with Crippen LogP contribution in [0.15, 0.2) is 58.9 Å². The van der Waals surface area contributed by atoms with E-state index in [1.807, 2.05) is 24.3 Å². The number of thiazole rings is 1. The van der Waals surface area contributed by atoms with Gasteiger partial charge in [0.1, 0.15) is 47.9 Å². The molecule has 3 heterocycles. The first-order valence-corrected chi connectivity index (χ1v) is 16.9. The fraction of sp³-hybridized carbons (Fsp3) is 0.355. The van der Waals surface area contributed by atoms with Gasteiger partial charge in [0.25, 0.3) is 5.19 Å². The van der Waals surface area contributed by atoms with Crippen LogP contribution in [0.25, 0.3) is 11.4 Å². The topological polar surface area (TPSA) is 150 Å². The molecule has 1 fully saturated rings. The molecule has 48 heavy (non-hydrogen) atoms. The van der Waals surface area contributed by atoms with Crippen molar-refractivity contribution in [1.82, 2.24) is 20.0 Å². The van der Waals surface area contributed by atoms with E-state index < -0.39 is 47.7 Å². The summed E-state index contributed by atoms with van der Waals surface area (Å²) in [5, 5.41) is 11.5. The number of benzene rings is 2. The average Bonchev–Trinajstić information content (AvgIpc) is 3.72. The summed E-state index contributed by atoms with van der Waals surface area (Å²) >= 11 is 14.9. The maximum atomic E-state index is 12.5. The summed E-state index contributed by atoms with van der Waals surface area (Å²) in [6.45, 7) is 3.75. The Bertz CT molecular complexity index is 1750. The lowest BCUT2D eigenvalue weighted by Gasteiger charge is -2.44. The minimum Gasteiger partial charge on any atom is -0.497 e. The van der Waals surface area contributed by atoms with Crippen LogP contribution >= 0.6 is 46.3 Å². The molecule has 0 radical (unpaired) electrons. The third kappa shape index (κ3) is 8.96. The van der Waals surface area contributed by atoms with Crippen LogP contribution in [0.5, 0.6) is 10.9 Å². The van der Waals surface area contributed by atoms with Gasteiger partial charge in [0.15, 0.2) is 12.2 Å². The van der Waals surface area contributed by atoms with Gasteiger partial charge in [0, 0.05) is 31.0 Å². The van der Waals surface area contributed by atoms with Crippen LogP contribution in [0.1, 0.15) is 32.4 Å². The zero-order valence-corrected chi connectivity index (χ0v) is 29.2. The molecule has 0 bridgehead atoms. The van der Waals surface area contributed by atoms with Crippen molar-refractivity contribution >= 4 is 64.2 Å². The Morgan fingerprint density at radius 2 is 1.69 bits per heavy atom. The monoisotopic (exact) mass is 736 g/mol. The molecule has 5 atom stereocenters. The number of aromatic nitrogens is 4. The zero-order valence-electron chi connectivity index (χ0n) is 26.0. The van der Waals surface area contributed by atoms with Crippen LogP contribution in [0.3, 0.4) is 0 Å². The van der Waals surface area contributed by atoms with Gasteiger partial charge in [-0.05, 0) is 35.9 Å². The van der Waals surface area contributed by atoms with E-state index >= 15 is 0 Å². The third-order valence-electron chi connectivity index (χ3n) is 6.90. The highest BCUT2D eigenvalue weighted by atomic mass is 35.5. The molecule has 13 nitrogen and oxygen atoms in total. The second-order valence-corrected chi connectivity index (χ2v) is 13.2. The molecule has 17 heteroatoms. The maximum absolute atomic E-state index is 12.5. The lowest BCUT2D eigenvalue weighted by Crippen LogP contribution is -2.57. The lowest BCUT2D eigenvalue weighted by atomic mass is 9.96. The highest BCUT2D eigenvalue weighted by molar-refractivity contribution is 7.99. The van der Waals surface area contributed by atoms with Gasteiger partial charge in [-0.3, -0.25) is 14.4 Å². The normalized spacial score (nSPS) is 20.5. The van der Waals surface area contributed by atoms with Crippen molar-refractivity contribution in [2.45, 2.75) is 62.1 Å². The number of ether oxygens (including phenoxy) is 6. The number of rotatable bonds is 12. The van der Waals surface area contributed by atoms with Crippen molar-refractivity contribution in [1.29, 1.82) is 0 Å². The summed E-state index contributed by atoms with van der Waals surface area (Å²) in [6, 6.07) is 11.5. The van der Waals surface area contributed by atoms with E-state index in [4.69, 9.17) is 51.6 Å². The van der Waals surface area contributed by atoms with Crippen LogP contribution in [0.4, 0.5) is 0 Å². The number of halogens is 2. The molecular weight excluding hydrogens is 707 g/mol. The minimum absolute atomic E-state index is 0.266. The summed E-state index contributed by atoms with van der Waals surface area (Å²) in [5.74, 6) is -1.08. The quantitative estimate of drug-likeness (QED) is 0.128. The van der Waals surface area contributed by atoms with Crippen LogP contribution in [0.2, 0.25) is 10.0 Å². The van der Waals surface area contributed by atoms with Gasteiger partial charge in [-0.1, -0.05) is 63.6 Å². The Labute approximate surface area is 293 Å². The summed E-state index contributed by atoms with van der Waals surface area (Å²) in [6.07, 6.45) is -1.59. The molecule has 5 rings (SSSR count). The molecule has 0 amide bonds. The molecule has 4 aromatic rings. The standard InChI is InChI=1S/C31H30Cl2N4O9S2/c1-16(38)42-14-26-28(44-17(2)39)27(29(45-18(3)40)30(46-26)48-21-9-10-22(32)23(33)11-21)37-12-24(35-36-37)25-15-47-31(34-25)43-13-19-5-7-20(41-4)8-6-19/h5-12,15,26-30H,13-14H2,1-4H3/t26-,27+,28+,29-,30-/m1/s1. The van der Waals surface area contributed by atoms with Gasteiger partial charge in [-0.15, -0.1) is 5.10 Å². The number of hydrogen-bond donors (Lipinski definition) is 0. The minimum atomic E-state index is -1.12. The fourth-order valence-electron chi connectivity index (χ4n) is 4.81. The van der Waals surface area contributed by atoms with E-state index in [0.29, 0.717) is 38.1 Å². The van der Waals surface area contributed by atoms with Crippen molar-refractivity contribution < 1.29 is 42.8 Å². The van der Waals surface area contributed by atoms with Crippen molar-refractivity contribution in [3.63, 3.8) is 0 Å². The smallest absolute Gasteiger partial charge is 0.303 e. The summed E-state index contributed by atoms with van der Waals surface area (Å²) < 4.78 is 35.7. The lowest BCUT2D eigenvalue weighted by molar-refractivity contribution is -0.212. The number of hydrogen-bond acceptors (Lipinski definition) is 14. The Morgan fingerprint density at radius 3 is 2.35 bits per heavy atom. The Balaban J connectivity index is 1.46. The molecule has 1 aliphatic rings. The molecule has 0 N–H and O–H groups in total. The SMILES string of the molecule is COc1ccc(COc2nc(-c3cn([C@@H]4[C@@H](OC(C)=O)[C@@H](Sc5ccc(Cl)c(Cl)c5)O[C@H](COC(C)=O)[C@@H]4OC(C)=O)nn3)cs2)cc1. The average molecular weight is 738 g/mol. The van der Waals surface area contributed by atoms with Gasteiger partial charge in [0.05, 0.1) is 23.4 Å². The molecule has 1 saturated heterocycles. The van der Waals surface area contributed by atoms with Crippen molar-refractivity contribution in [2.24, 2.45) is 0 Å². The first-order chi connectivity index (χ1) is 23.0. The first-order valence-electron chi connectivity index (χ1n) is 14.4. The number of thioether (sulfide) groups is 1. The number of nitrogens with zero attached hydrogens (tertiary/aromatic N) is 4. The van der Waals surface area contributed by atoms with E-state index in [1.165, 1.54) is 48.6 Å². The van der Waals surface area contributed by atoms with Crippen LogP contribution in [-0.2, 0) is 39.9 Å². The zero-order chi connectivity index (χ0) is 34.4. The Morgan fingerprint density at radius 1 is 0.958 bits per heavy atom. The predicted octanol–water partition coefficient (Wildman–Crippen LogP) is 5.78. The van der Waals surface area contributed by atoms with Crippen molar-refractivity contribution in [3.8, 4) is 22.3 Å². The molecule has 0 spiro atoms. The van der Waals surface area contributed by atoms with Gasteiger partial charge in [-0.2, -0.15) is 0 Å². The largest absolute Gasteiger partial charge is 0.497 e. The van der Waals surface area contributed by atoms with E-state index in [2.05, 4.69) is 15.3 Å². The van der Waals surface area contributed by atoms with E-state index in [9.17, 15) is 14.4 Å². The van der Waals surface area contributed by atoms with Gasteiger partial charge in [0.2, 0.25) is 0 Å². The van der Waals surface area contributed by atoms with Crippen LogP contribution in [-0.4, -0.2) is 75.4 Å². The van der Waals surface area contributed by atoms with Gasteiger partial charge < -0.3 is 28.4 Å². The van der Waals surface area contributed by atoms with Crippen molar-refractivity contribution in [3.05, 3.63) is 69.7 Å². The molecule has 0 saturated carbocycles. The number of esters is 3. The Hall–Kier alpha value is -3.89. The molecule has 2 aromatic carbocycles. The maximum Gasteiger partial charge on any atom is 0.303 e. The fourth-order valence-corrected chi connectivity index (χ4v) is 6.99. The summed E-state index contributed by atoms with van der Waals surface area (Å²) in [4.78, 5) is 41.8.